The summed E-state index contributed by atoms with van der Waals surface area (Å²) in [6, 6.07) is 12.0. The van der Waals surface area contributed by atoms with Crippen LogP contribution in [0.3, 0.4) is 0 Å². The zero-order chi connectivity index (χ0) is 19.4. The van der Waals surface area contributed by atoms with Crippen molar-refractivity contribution in [3.8, 4) is 0 Å². The van der Waals surface area contributed by atoms with Gasteiger partial charge in [-0.3, -0.25) is 9.69 Å². The van der Waals surface area contributed by atoms with E-state index >= 15 is 0 Å². The van der Waals surface area contributed by atoms with Gasteiger partial charge in [-0.2, -0.15) is 0 Å². The van der Waals surface area contributed by atoms with Crippen molar-refractivity contribution in [3.05, 3.63) is 59.4 Å². The van der Waals surface area contributed by atoms with Crippen molar-refractivity contribution in [2.45, 2.75) is 19.8 Å². The van der Waals surface area contributed by atoms with Crippen LogP contribution in [0.25, 0.3) is 10.2 Å². The molecule has 0 unspecified atom stereocenters. The van der Waals surface area contributed by atoms with Gasteiger partial charge in [-0.15, -0.1) is 12.4 Å². The standard InChI is InChI=1S/C21H24FN3OS.ClH/c1-4-15-9-10-18-19(13-15)27-21(23-18)25(12-6-11-24(2)3)20(26)16-7-5-8-17(22)14-16;/h5,7-10,13-14H,4,6,11-12H2,1-3H3;1H. The lowest BCUT2D eigenvalue weighted by Gasteiger charge is -2.21. The van der Waals surface area contributed by atoms with E-state index in [0.29, 0.717) is 17.2 Å². The number of nitrogens with zero attached hydrogens (tertiary/aromatic N) is 3. The molecule has 4 nitrogen and oxygen atoms in total. The van der Waals surface area contributed by atoms with Gasteiger partial charge < -0.3 is 4.90 Å². The number of aromatic nitrogens is 1. The van der Waals surface area contributed by atoms with E-state index in [1.165, 1.54) is 29.0 Å². The fourth-order valence-electron chi connectivity index (χ4n) is 2.90. The molecule has 0 N–H and O–H groups in total. The monoisotopic (exact) mass is 421 g/mol. The van der Waals surface area contributed by atoms with Crippen molar-refractivity contribution in [1.82, 2.24) is 9.88 Å². The van der Waals surface area contributed by atoms with E-state index in [-0.39, 0.29) is 18.3 Å². The van der Waals surface area contributed by atoms with Crippen LogP contribution in [0.5, 0.6) is 0 Å². The molecular weight excluding hydrogens is 397 g/mol. The average Bonchev–Trinajstić information content (AvgIpc) is 3.07. The van der Waals surface area contributed by atoms with E-state index in [4.69, 9.17) is 0 Å². The third-order valence-electron chi connectivity index (χ3n) is 4.38. The van der Waals surface area contributed by atoms with Crippen molar-refractivity contribution in [1.29, 1.82) is 0 Å². The van der Waals surface area contributed by atoms with Crippen LogP contribution in [0.2, 0.25) is 0 Å². The number of carbonyl (C=O) groups is 1. The Balaban J connectivity index is 0.00000280. The van der Waals surface area contributed by atoms with Crippen molar-refractivity contribution in [2.24, 2.45) is 0 Å². The van der Waals surface area contributed by atoms with Gasteiger partial charge in [0.2, 0.25) is 0 Å². The molecule has 0 aliphatic heterocycles. The SMILES string of the molecule is CCc1ccc2nc(N(CCCN(C)C)C(=O)c3cccc(F)c3)sc2c1.Cl. The average molecular weight is 422 g/mol. The molecule has 0 spiro atoms. The summed E-state index contributed by atoms with van der Waals surface area (Å²) in [6.45, 7) is 3.51. The summed E-state index contributed by atoms with van der Waals surface area (Å²) in [5.41, 5.74) is 2.47. The second-order valence-corrected chi connectivity index (χ2v) is 7.79. The molecule has 0 atom stereocenters. The van der Waals surface area contributed by atoms with Gasteiger partial charge in [0.1, 0.15) is 5.82 Å². The van der Waals surface area contributed by atoms with Gasteiger partial charge in [0, 0.05) is 12.1 Å². The number of anilines is 1. The minimum atomic E-state index is -0.411. The minimum absolute atomic E-state index is 0. The smallest absolute Gasteiger partial charge is 0.260 e. The summed E-state index contributed by atoms with van der Waals surface area (Å²) in [4.78, 5) is 21.5. The molecule has 3 rings (SSSR count). The second kappa shape index (κ2) is 9.96. The number of halogens is 2. The van der Waals surface area contributed by atoms with Crippen molar-refractivity contribution in [2.75, 3.05) is 32.1 Å². The van der Waals surface area contributed by atoms with Gasteiger partial charge in [0.15, 0.2) is 5.13 Å². The number of hydrogen-bond donors (Lipinski definition) is 0. The Bertz CT molecular complexity index is 944. The largest absolute Gasteiger partial charge is 0.309 e. The number of fused-ring (bicyclic) bond motifs is 1. The molecule has 0 saturated carbocycles. The third-order valence-corrected chi connectivity index (χ3v) is 5.43. The summed E-state index contributed by atoms with van der Waals surface area (Å²) < 4.78 is 14.7. The Labute approximate surface area is 175 Å². The number of hydrogen-bond acceptors (Lipinski definition) is 4. The fourth-order valence-corrected chi connectivity index (χ4v) is 3.95. The molecule has 150 valence electrons. The Morgan fingerprint density at radius 2 is 1.93 bits per heavy atom. The zero-order valence-corrected chi connectivity index (χ0v) is 17.9. The van der Waals surface area contributed by atoms with Crippen LogP contribution in [-0.4, -0.2) is 43.0 Å². The van der Waals surface area contributed by atoms with Gasteiger partial charge >= 0.3 is 0 Å². The number of amides is 1. The normalized spacial score (nSPS) is 10.9. The van der Waals surface area contributed by atoms with Gasteiger partial charge in [0.05, 0.1) is 10.2 Å². The molecule has 1 aromatic heterocycles. The van der Waals surface area contributed by atoms with Crippen LogP contribution in [0, 0.1) is 5.82 Å². The highest BCUT2D eigenvalue weighted by Crippen LogP contribution is 2.31. The topological polar surface area (TPSA) is 36.4 Å². The van der Waals surface area contributed by atoms with E-state index in [9.17, 15) is 9.18 Å². The van der Waals surface area contributed by atoms with Crippen molar-refractivity contribution < 1.29 is 9.18 Å². The first kappa shape index (κ1) is 22.3. The highest BCUT2D eigenvalue weighted by Gasteiger charge is 2.21. The molecule has 3 aromatic rings. The maximum Gasteiger partial charge on any atom is 0.260 e. The fraction of sp³-hybridized carbons (Fsp3) is 0.333. The molecule has 2 aromatic carbocycles. The van der Waals surface area contributed by atoms with Gasteiger partial charge in [0.25, 0.3) is 5.91 Å². The predicted octanol–water partition coefficient (Wildman–Crippen LogP) is 5.02. The molecule has 7 heteroatoms. The van der Waals surface area contributed by atoms with Crippen LogP contribution >= 0.6 is 23.7 Å². The van der Waals surface area contributed by atoms with Gasteiger partial charge in [-0.05, 0) is 69.4 Å². The highest BCUT2D eigenvalue weighted by atomic mass is 35.5. The first-order valence-corrected chi connectivity index (χ1v) is 9.91. The second-order valence-electron chi connectivity index (χ2n) is 6.78. The zero-order valence-electron chi connectivity index (χ0n) is 16.3. The first-order chi connectivity index (χ1) is 13.0. The molecular formula is C21H25ClFN3OS. The lowest BCUT2D eigenvalue weighted by molar-refractivity contribution is 0.0985. The Kier molecular flexibility index (Phi) is 7.92. The maximum atomic E-state index is 13.6. The number of thiazole rings is 1. The summed E-state index contributed by atoms with van der Waals surface area (Å²) in [6.07, 6.45) is 1.77. The molecule has 1 heterocycles. The molecule has 0 bridgehead atoms. The van der Waals surface area contributed by atoms with E-state index in [0.717, 1.165) is 29.6 Å². The van der Waals surface area contributed by atoms with Crippen LogP contribution in [0.1, 0.15) is 29.3 Å². The van der Waals surface area contributed by atoms with Crippen LogP contribution in [0.4, 0.5) is 9.52 Å². The van der Waals surface area contributed by atoms with Gasteiger partial charge in [-0.1, -0.05) is 30.4 Å². The number of aryl methyl sites for hydroxylation is 1. The van der Waals surface area contributed by atoms with Gasteiger partial charge in [-0.25, -0.2) is 9.37 Å². The van der Waals surface area contributed by atoms with E-state index in [2.05, 4.69) is 28.9 Å². The molecule has 0 radical (unpaired) electrons. The molecule has 28 heavy (non-hydrogen) atoms. The third kappa shape index (κ3) is 5.28. The quantitative estimate of drug-likeness (QED) is 0.537. The lowest BCUT2D eigenvalue weighted by Crippen LogP contribution is -2.33. The van der Waals surface area contributed by atoms with Crippen LogP contribution in [0.15, 0.2) is 42.5 Å². The number of rotatable bonds is 7. The number of benzene rings is 2. The van der Waals surface area contributed by atoms with Crippen molar-refractivity contribution >= 4 is 45.0 Å². The maximum absolute atomic E-state index is 13.6. The first-order valence-electron chi connectivity index (χ1n) is 9.09. The molecule has 0 aliphatic carbocycles. The van der Waals surface area contributed by atoms with E-state index < -0.39 is 5.82 Å². The van der Waals surface area contributed by atoms with Crippen LogP contribution < -0.4 is 4.90 Å². The Hall–Kier alpha value is -2.02. The Morgan fingerprint density at radius 3 is 2.61 bits per heavy atom. The van der Waals surface area contributed by atoms with E-state index in [1.807, 2.05) is 20.2 Å². The molecule has 1 amide bonds. The molecule has 0 saturated heterocycles. The Morgan fingerprint density at radius 1 is 1.14 bits per heavy atom. The summed E-state index contributed by atoms with van der Waals surface area (Å²) in [7, 11) is 4.01. The van der Waals surface area contributed by atoms with Crippen molar-refractivity contribution in [3.63, 3.8) is 0 Å². The lowest BCUT2D eigenvalue weighted by atomic mass is 10.2. The predicted molar refractivity (Wildman–Crippen MR) is 117 cm³/mol. The molecule has 0 aliphatic rings. The summed E-state index contributed by atoms with van der Waals surface area (Å²) >= 11 is 1.51. The highest BCUT2D eigenvalue weighted by molar-refractivity contribution is 7.22. The minimum Gasteiger partial charge on any atom is -0.309 e. The van der Waals surface area contributed by atoms with E-state index in [1.54, 1.807) is 17.0 Å². The molecule has 0 fully saturated rings. The summed E-state index contributed by atoms with van der Waals surface area (Å²) in [5.74, 6) is -0.631. The van der Waals surface area contributed by atoms with Crippen LogP contribution in [-0.2, 0) is 6.42 Å². The summed E-state index contributed by atoms with van der Waals surface area (Å²) in [5, 5.41) is 0.659. The number of carbonyl (C=O) groups excluding carboxylic acids is 1.